The Balaban J connectivity index is 1.44. The number of aromatic nitrogens is 1. The predicted molar refractivity (Wildman–Crippen MR) is 119 cm³/mol. The van der Waals surface area contributed by atoms with E-state index in [1.54, 1.807) is 18.3 Å². The van der Waals surface area contributed by atoms with Crippen LogP contribution in [0.2, 0.25) is 5.02 Å². The van der Waals surface area contributed by atoms with Crippen LogP contribution in [0.15, 0.2) is 53.7 Å². The van der Waals surface area contributed by atoms with Gasteiger partial charge in [-0.2, -0.15) is 0 Å². The van der Waals surface area contributed by atoms with Gasteiger partial charge >= 0.3 is 0 Å². The number of aliphatic imine (C=N–C) groups is 1. The molecule has 2 aromatic rings. The van der Waals surface area contributed by atoms with Crippen LogP contribution in [-0.2, 0) is 4.79 Å². The summed E-state index contributed by atoms with van der Waals surface area (Å²) >= 11 is 11.9. The standard InChI is InChI=1S/C22H20Cl2N4O2/c23-16-3-1-13(2-4-16)18-6-7-25-12-19(18)27-21(29)14-5-8-26-20(11-14)28-22(30)15-9-17(24)10-15/h1-8,11,15,17,19H,9-10,12H2,(H,27,29)(H,26,28,30). The van der Waals surface area contributed by atoms with E-state index in [1.165, 1.54) is 6.20 Å². The molecule has 0 saturated heterocycles. The second-order valence-corrected chi connectivity index (χ2v) is 8.41. The van der Waals surface area contributed by atoms with Gasteiger partial charge in [-0.1, -0.05) is 23.7 Å². The highest BCUT2D eigenvalue weighted by Gasteiger charge is 2.33. The van der Waals surface area contributed by atoms with Crippen molar-refractivity contribution in [3.8, 4) is 0 Å². The van der Waals surface area contributed by atoms with Gasteiger partial charge in [-0.3, -0.25) is 14.6 Å². The molecule has 30 heavy (non-hydrogen) atoms. The molecule has 2 aliphatic rings. The minimum Gasteiger partial charge on any atom is -0.343 e. The monoisotopic (exact) mass is 442 g/mol. The molecule has 4 rings (SSSR count). The number of carbonyl (C=O) groups excluding carboxylic acids is 2. The zero-order chi connectivity index (χ0) is 21.1. The van der Waals surface area contributed by atoms with E-state index in [1.807, 2.05) is 30.3 Å². The summed E-state index contributed by atoms with van der Waals surface area (Å²) in [4.78, 5) is 33.5. The van der Waals surface area contributed by atoms with Gasteiger partial charge in [0.1, 0.15) is 5.82 Å². The number of alkyl halides is 1. The molecule has 6 nitrogen and oxygen atoms in total. The number of pyridine rings is 1. The zero-order valence-corrected chi connectivity index (χ0v) is 17.5. The van der Waals surface area contributed by atoms with E-state index in [2.05, 4.69) is 20.6 Å². The zero-order valence-electron chi connectivity index (χ0n) is 16.0. The molecule has 154 valence electrons. The van der Waals surface area contributed by atoms with Gasteiger partial charge in [0.25, 0.3) is 5.91 Å². The van der Waals surface area contributed by atoms with E-state index in [-0.39, 0.29) is 29.2 Å². The Morgan fingerprint density at radius 3 is 2.60 bits per heavy atom. The quantitative estimate of drug-likeness (QED) is 0.687. The number of benzene rings is 1. The summed E-state index contributed by atoms with van der Waals surface area (Å²) in [6.07, 6.45) is 6.45. The first-order chi connectivity index (χ1) is 14.5. The van der Waals surface area contributed by atoms with E-state index < -0.39 is 0 Å². The van der Waals surface area contributed by atoms with E-state index in [0.29, 0.717) is 35.8 Å². The van der Waals surface area contributed by atoms with Crippen molar-refractivity contribution in [1.29, 1.82) is 0 Å². The van der Waals surface area contributed by atoms with Crippen molar-refractivity contribution >= 4 is 52.6 Å². The fourth-order valence-electron chi connectivity index (χ4n) is 3.45. The summed E-state index contributed by atoms with van der Waals surface area (Å²) in [5.41, 5.74) is 2.34. The van der Waals surface area contributed by atoms with Gasteiger partial charge in [-0.05, 0) is 54.3 Å². The third-order valence-electron chi connectivity index (χ3n) is 5.23. The van der Waals surface area contributed by atoms with Crippen LogP contribution in [0.5, 0.6) is 0 Å². The van der Waals surface area contributed by atoms with Crippen molar-refractivity contribution in [2.45, 2.75) is 24.3 Å². The Kier molecular flexibility index (Phi) is 6.16. The normalized spacial score (nSPS) is 22.6. The Morgan fingerprint density at radius 1 is 1.10 bits per heavy atom. The van der Waals surface area contributed by atoms with Gasteiger partial charge in [0.2, 0.25) is 5.91 Å². The summed E-state index contributed by atoms with van der Waals surface area (Å²) in [5, 5.41) is 6.50. The summed E-state index contributed by atoms with van der Waals surface area (Å²) in [6, 6.07) is 10.4. The molecule has 1 fully saturated rings. The topological polar surface area (TPSA) is 83.4 Å². The van der Waals surface area contributed by atoms with Crippen molar-refractivity contribution < 1.29 is 9.59 Å². The van der Waals surface area contributed by atoms with Gasteiger partial charge in [-0.25, -0.2) is 4.98 Å². The fraction of sp³-hybridized carbons (Fsp3) is 0.273. The Hall–Kier alpha value is -2.70. The molecule has 1 saturated carbocycles. The molecule has 1 atom stereocenters. The van der Waals surface area contributed by atoms with Crippen molar-refractivity contribution in [2.75, 3.05) is 11.9 Å². The molecule has 0 bridgehead atoms. The number of allylic oxidation sites excluding steroid dienone is 1. The van der Waals surface area contributed by atoms with Gasteiger partial charge in [-0.15, -0.1) is 11.6 Å². The maximum atomic E-state index is 12.9. The molecule has 1 aromatic heterocycles. The van der Waals surface area contributed by atoms with E-state index >= 15 is 0 Å². The third kappa shape index (κ3) is 4.71. The maximum Gasteiger partial charge on any atom is 0.252 e. The summed E-state index contributed by atoms with van der Waals surface area (Å²) < 4.78 is 0. The molecule has 2 amide bonds. The van der Waals surface area contributed by atoms with Gasteiger partial charge < -0.3 is 10.6 Å². The van der Waals surface area contributed by atoms with Crippen LogP contribution in [-0.4, -0.2) is 41.0 Å². The van der Waals surface area contributed by atoms with Crippen LogP contribution >= 0.6 is 23.2 Å². The van der Waals surface area contributed by atoms with Crippen molar-refractivity contribution in [3.63, 3.8) is 0 Å². The minimum atomic E-state index is -0.273. The fourth-order valence-corrected chi connectivity index (χ4v) is 4.01. The molecule has 1 aromatic carbocycles. The number of nitrogens with one attached hydrogen (secondary N) is 2. The SMILES string of the molecule is O=C(NC1CN=CC=C1c1ccc(Cl)cc1)c1ccnc(NC(=O)C2CC(Cl)C2)c1. The lowest BCUT2D eigenvalue weighted by molar-refractivity contribution is -0.122. The minimum absolute atomic E-state index is 0.0619. The molecule has 0 spiro atoms. The average molecular weight is 443 g/mol. The number of nitrogens with zero attached hydrogens (tertiary/aromatic N) is 2. The largest absolute Gasteiger partial charge is 0.343 e. The molecular weight excluding hydrogens is 423 g/mol. The predicted octanol–water partition coefficient (Wildman–Crippen LogP) is 3.96. The summed E-state index contributed by atoms with van der Waals surface area (Å²) in [5.74, 6) is -0.134. The number of hydrogen-bond acceptors (Lipinski definition) is 4. The Labute approximate surface area is 184 Å². The Bertz CT molecular complexity index is 1010. The lowest BCUT2D eigenvalue weighted by Crippen LogP contribution is -2.39. The molecule has 1 unspecified atom stereocenters. The van der Waals surface area contributed by atoms with Crippen LogP contribution in [0.1, 0.15) is 28.8 Å². The van der Waals surface area contributed by atoms with E-state index in [9.17, 15) is 9.59 Å². The number of carbonyl (C=O) groups is 2. The third-order valence-corrected chi connectivity index (χ3v) is 5.84. The van der Waals surface area contributed by atoms with Crippen LogP contribution in [0, 0.1) is 5.92 Å². The van der Waals surface area contributed by atoms with Crippen LogP contribution in [0.3, 0.4) is 0 Å². The number of halogens is 2. The van der Waals surface area contributed by atoms with Crippen LogP contribution < -0.4 is 10.6 Å². The molecule has 0 radical (unpaired) electrons. The Morgan fingerprint density at radius 2 is 1.87 bits per heavy atom. The second kappa shape index (κ2) is 8.98. The molecule has 2 N–H and O–H groups in total. The van der Waals surface area contributed by atoms with Crippen LogP contribution in [0.4, 0.5) is 5.82 Å². The van der Waals surface area contributed by atoms with E-state index in [4.69, 9.17) is 23.2 Å². The van der Waals surface area contributed by atoms with Crippen molar-refractivity contribution in [2.24, 2.45) is 10.9 Å². The number of anilines is 1. The highest BCUT2D eigenvalue weighted by Crippen LogP contribution is 2.32. The molecule has 2 heterocycles. The molecule has 1 aliphatic carbocycles. The molecular formula is C22H20Cl2N4O2. The van der Waals surface area contributed by atoms with Crippen molar-refractivity contribution in [3.05, 3.63) is 64.8 Å². The number of amides is 2. The first kappa shape index (κ1) is 20.6. The van der Waals surface area contributed by atoms with Crippen molar-refractivity contribution in [1.82, 2.24) is 10.3 Å². The van der Waals surface area contributed by atoms with Gasteiger partial charge in [0.05, 0.1) is 12.6 Å². The average Bonchev–Trinajstić information content (AvgIpc) is 2.72. The van der Waals surface area contributed by atoms with Gasteiger partial charge in [0.15, 0.2) is 0 Å². The van der Waals surface area contributed by atoms with Gasteiger partial charge in [0, 0.05) is 34.3 Å². The van der Waals surface area contributed by atoms with Crippen LogP contribution in [0.25, 0.3) is 5.57 Å². The number of rotatable bonds is 5. The second-order valence-electron chi connectivity index (χ2n) is 7.35. The lowest BCUT2D eigenvalue weighted by Gasteiger charge is -2.29. The van der Waals surface area contributed by atoms with E-state index in [0.717, 1.165) is 11.1 Å². The molecule has 8 heteroatoms. The highest BCUT2D eigenvalue weighted by molar-refractivity contribution is 6.30. The maximum absolute atomic E-state index is 12.9. The first-order valence-corrected chi connectivity index (χ1v) is 10.5. The first-order valence-electron chi connectivity index (χ1n) is 9.67. The number of hydrogen-bond donors (Lipinski definition) is 2. The summed E-state index contributed by atoms with van der Waals surface area (Å²) in [6.45, 7) is 0.441. The lowest BCUT2D eigenvalue weighted by atomic mass is 9.84. The smallest absolute Gasteiger partial charge is 0.252 e. The highest BCUT2D eigenvalue weighted by atomic mass is 35.5. The number of dihydropyridines is 1. The molecule has 1 aliphatic heterocycles. The summed E-state index contributed by atoms with van der Waals surface area (Å²) in [7, 11) is 0.